The van der Waals surface area contributed by atoms with Gasteiger partial charge in [-0.2, -0.15) is 0 Å². The topological polar surface area (TPSA) is 49.9 Å². The number of hydrogen-bond acceptors (Lipinski definition) is 3. The second-order valence-corrected chi connectivity index (χ2v) is 6.34. The van der Waals surface area contributed by atoms with Crippen LogP contribution in [0.2, 0.25) is 0 Å². The number of carbonyl (C=O) groups is 2. The van der Waals surface area contributed by atoms with Crippen LogP contribution in [0.1, 0.15) is 38.2 Å². The first-order valence-corrected chi connectivity index (χ1v) is 8.60. The molecule has 0 spiro atoms. The molecular formula is C18H23F3N2O3. The van der Waals surface area contributed by atoms with Gasteiger partial charge in [-0.05, 0) is 37.0 Å². The molecule has 1 aromatic rings. The molecule has 0 saturated carbocycles. The highest BCUT2D eigenvalue weighted by molar-refractivity contribution is 5.87. The first-order chi connectivity index (χ1) is 12.2. The number of amides is 2. The van der Waals surface area contributed by atoms with Gasteiger partial charge >= 0.3 is 6.36 Å². The van der Waals surface area contributed by atoms with Crippen molar-refractivity contribution in [3.05, 3.63) is 29.8 Å². The van der Waals surface area contributed by atoms with Gasteiger partial charge in [0.15, 0.2) is 0 Å². The van der Waals surface area contributed by atoms with Crippen molar-refractivity contribution in [1.82, 2.24) is 9.80 Å². The lowest BCUT2D eigenvalue weighted by molar-refractivity contribution is -0.274. The molecule has 0 bridgehead atoms. The summed E-state index contributed by atoms with van der Waals surface area (Å²) in [6.07, 6.45) is -1.97. The largest absolute Gasteiger partial charge is 0.573 e. The Morgan fingerprint density at radius 2 is 1.88 bits per heavy atom. The van der Waals surface area contributed by atoms with E-state index in [1.807, 2.05) is 0 Å². The minimum atomic E-state index is -4.73. The quantitative estimate of drug-likeness (QED) is 0.797. The summed E-state index contributed by atoms with van der Waals surface area (Å²) in [6.45, 7) is 2.60. The normalized spacial score (nSPS) is 17.7. The van der Waals surface area contributed by atoms with Crippen molar-refractivity contribution in [3.63, 3.8) is 0 Å². The van der Waals surface area contributed by atoms with Gasteiger partial charge in [0, 0.05) is 26.6 Å². The number of rotatable bonds is 5. The smallest absolute Gasteiger partial charge is 0.406 e. The third-order valence-corrected chi connectivity index (χ3v) is 4.36. The molecule has 1 heterocycles. The van der Waals surface area contributed by atoms with Crippen LogP contribution in [0.3, 0.4) is 0 Å². The monoisotopic (exact) mass is 372 g/mol. The van der Waals surface area contributed by atoms with Crippen LogP contribution in [0, 0.1) is 0 Å². The molecule has 8 heteroatoms. The molecule has 0 radical (unpaired) electrons. The van der Waals surface area contributed by atoms with Crippen molar-refractivity contribution in [2.24, 2.45) is 0 Å². The van der Waals surface area contributed by atoms with Crippen molar-refractivity contribution < 1.29 is 27.5 Å². The molecular weight excluding hydrogens is 349 g/mol. The maximum Gasteiger partial charge on any atom is 0.573 e. The molecule has 1 fully saturated rings. The van der Waals surface area contributed by atoms with Gasteiger partial charge in [-0.3, -0.25) is 9.59 Å². The van der Waals surface area contributed by atoms with E-state index in [-0.39, 0.29) is 24.1 Å². The summed E-state index contributed by atoms with van der Waals surface area (Å²) in [4.78, 5) is 28.0. The minimum absolute atomic E-state index is 0.0369. The highest BCUT2D eigenvalue weighted by Crippen LogP contribution is 2.24. The van der Waals surface area contributed by atoms with Crippen LogP contribution >= 0.6 is 0 Å². The van der Waals surface area contributed by atoms with Gasteiger partial charge < -0.3 is 14.5 Å². The summed E-state index contributed by atoms with van der Waals surface area (Å²) in [7, 11) is 1.63. The number of likely N-dealkylation sites (N-methyl/N-ethyl adjacent to an activating group) is 1. The second kappa shape index (κ2) is 8.42. The highest BCUT2D eigenvalue weighted by Gasteiger charge is 2.33. The van der Waals surface area contributed by atoms with Crippen LogP contribution in [0.25, 0.3) is 0 Å². The fourth-order valence-electron chi connectivity index (χ4n) is 3.09. The number of hydrogen-bond donors (Lipinski definition) is 0. The lowest BCUT2D eigenvalue weighted by Gasteiger charge is -2.36. The van der Waals surface area contributed by atoms with E-state index in [1.165, 1.54) is 29.2 Å². The van der Waals surface area contributed by atoms with Gasteiger partial charge in [0.05, 0.1) is 0 Å². The third-order valence-electron chi connectivity index (χ3n) is 4.36. The van der Waals surface area contributed by atoms with Crippen molar-refractivity contribution in [2.75, 3.05) is 13.6 Å². The van der Waals surface area contributed by atoms with Crippen LogP contribution in [0.4, 0.5) is 13.2 Å². The summed E-state index contributed by atoms with van der Waals surface area (Å²) in [5, 5.41) is 0. The molecule has 1 saturated heterocycles. The van der Waals surface area contributed by atoms with Crippen molar-refractivity contribution in [1.29, 1.82) is 0 Å². The summed E-state index contributed by atoms with van der Waals surface area (Å²) in [6, 6.07) is 4.94. The highest BCUT2D eigenvalue weighted by atomic mass is 19.4. The average molecular weight is 372 g/mol. The Kier molecular flexibility index (Phi) is 6.50. The van der Waals surface area contributed by atoms with Crippen LogP contribution < -0.4 is 4.74 Å². The molecule has 144 valence electrons. The Labute approximate surface area is 150 Å². The van der Waals surface area contributed by atoms with Crippen molar-refractivity contribution >= 4 is 11.8 Å². The fourth-order valence-corrected chi connectivity index (χ4v) is 3.09. The lowest BCUT2D eigenvalue weighted by atomic mass is 10.00. The van der Waals surface area contributed by atoms with E-state index in [4.69, 9.17) is 0 Å². The molecule has 26 heavy (non-hydrogen) atoms. The zero-order chi connectivity index (χ0) is 19.3. The van der Waals surface area contributed by atoms with Gasteiger partial charge in [0.2, 0.25) is 11.8 Å². The molecule has 2 amide bonds. The first kappa shape index (κ1) is 20.1. The van der Waals surface area contributed by atoms with Crippen molar-refractivity contribution in [2.45, 2.75) is 51.6 Å². The van der Waals surface area contributed by atoms with Crippen LogP contribution in [-0.2, 0) is 16.1 Å². The van der Waals surface area contributed by atoms with Crippen LogP contribution in [-0.4, -0.2) is 47.6 Å². The van der Waals surface area contributed by atoms with E-state index in [9.17, 15) is 22.8 Å². The number of halogens is 3. The second-order valence-electron chi connectivity index (χ2n) is 6.34. The van der Waals surface area contributed by atoms with E-state index in [1.54, 1.807) is 18.9 Å². The molecule has 5 nitrogen and oxygen atoms in total. The molecule has 0 N–H and O–H groups in total. The molecule has 2 rings (SSSR count). The van der Waals surface area contributed by atoms with Gasteiger partial charge in [0.25, 0.3) is 0 Å². The predicted molar refractivity (Wildman–Crippen MR) is 89.2 cm³/mol. The molecule has 1 aliphatic heterocycles. The number of likely N-dealkylation sites (tertiary alicyclic amines) is 1. The average Bonchev–Trinajstić information content (AvgIpc) is 2.60. The van der Waals surface area contributed by atoms with E-state index in [0.717, 1.165) is 12.8 Å². The summed E-state index contributed by atoms with van der Waals surface area (Å²) in [5.41, 5.74) is 0.680. The standard InChI is InChI=1S/C18H23F3N2O3/c1-3-16(24)23-11-5-4-6-15(23)17(25)22(2)12-13-7-9-14(10-8-13)26-18(19,20)21/h7-10,15H,3-6,11-12H2,1-2H3. The summed E-state index contributed by atoms with van der Waals surface area (Å²) in [5.74, 6) is -0.491. The Morgan fingerprint density at radius 3 is 2.46 bits per heavy atom. The third kappa shape index (κ3) is 5.37. The predicted octanol–water partition coefficient (Wildman–Crippen LogP) is 3.33. The zero-order valence-electron chi connectivity index (χ0n) is 14.9. The molecule has 1 atom stereocenters. The maximum absolute atomic E-state index is 12.7. The zero-order valence-corrected chi connectivity index (χ0v) is 14.9. The van der Waals surface area contributed by atoms with E-state index in [2.05, 4.69) is 4.74 Å². The van der Waals surface area contributed by atoms with Gasteiger partial charge in [0.1, 0.15) is 11.8 Å². The van der Waals surface area contributed by atoms with Crippen molar-refractivity contribution in [3.8, 4) is 5.75 Å². The van der Waals surface area contributed by atoms with Gasteiger partial charge in [-0.1, -0.05) is 19.1 Å². The van der Waals surface area contributed by atoms with E-state index >= 15 is 0 Å². The Bertz CT molecular complexity index is 632. The number of piperidine rings is 1. The molecule has 1 aliphatic rings. The van der Waals surface area contributed by atoms with Gasteiger partial charge in [-0.15, -0.1) is 13.2 Å². The van der Waals surface area contributed by atoms with E-state index in [0.29, 0.717) is 24.9 Å². The van der Waals surface area contributed by atoms with Crippen LogP contribution in [0.15, 0.2) is 24.3 Å². The Morgan fingerprint density at radius 1 is 1.23 bits per heavy atom. The Balaban J connectivity index is 2.00. The van der Waals surface area contributed by atoms with E-state index < -0.39 is 12.4 Å². The first-order valence-electron chi connectivity index (χ1n) is 8.60. The molecule has 0 aliphatic carbocycles. The summed E-state index contributed by atoms with van der Waals surface area (Å²) >= 11 is 0. The molecule has 0 aromatic heterocycles. The number of carbonyl (C=O) groups excluding carboxylic acids is 2. The molecule has 1 aromatic carbocycles. The molecule has 1 unspecified atom stereocenters. The number of ether oxygens (including phenoxy) is 1. The van der Waals surface area contributed by atoms with Gasteiger partial charge in [-0.25, -0.2) is 0 Å². The summed E-state index contributed by atoms with van der Waals surface area (Å²) < 4.78 is 40.4. The Hall–Kier alpha value is -2.25. The number of alkyl halides is 3. The minimum Gasteiger partial charge on any atom is -0.406 e. The lowest BCUT2D eigenvalue weighted by Crippen LogP contribution is -2.52. The SMILES string of the molecule is CCC(=O)N1CCCCC1C(=O)N(C)Cc1ccc(OC(F)(F)F)cc1. The maximum atomic E-state index is 12.7. The number of benzene rings is 1. The fraction of sp³-hybridized carbons (Fsp3) is 0.556. The van der Waals surface area contributed by atoms with Crippen LogP contribution in [0.5, 0.6) is 5.75 Å². The number of nitrogens with zero attached hydrogens (tertiary/aromatic N) is 2.